The highest BCUT2D eigenvalue weighted by atomic mass is 16.3. The molecular weight excluding hydrogens is 384 g/mol. The smallest absolute Gasteiger partial charge is 0.374 e. The Labute approximate surface area is 184 Å². The molecule has 0 amide bonds. The van der Waals surface area contributed by atoms with E-state index in [9.17, 15) is 0 Å². The Morgan fingerprint density at radius 3 is 2.42 bits per heavy atom. The predicted octanol–water partition coefficient (Wildman–Crippen LogP) is 3.91. The number of quaternary nitrogens is 1. The van der Waals surface area contributed by atoms with Gasteiger partial charge in [-0.15, -0.1) is 0 Å². The second-order valence-corrected chi connectivity index (χ2v) is 9.01. The summed E-state index contributed by atoms with van der Waals surface area (Å²) in [4.78, 5) is 4.80. The van der Waals surface area contributed by atoms with Crippen molar-refractivity contribution in [2.45, 2.75) is 0 Å². The van der Waals surface area contributed by atoms with Crippen LogP contribution in [0.1, 0.15) is 5.89 Å². The van der Waals surface area contributed by atoms with Gasteiger partial charge < -0.3 is 18.7 Å². The number of aromatic nitrogens is 1. The fraction of sp³-hybridized carbons (Fsp3) is 0.269. The van der Waals surface area contributed by atoms with Crippen LogP contribution in [0.3, 0.4) is 0 Å². The van der Waals surface area contributed by atoms with Gasteiger partial charge >= 0.3 is 5.89 Å². The highest BCUT2D eigenvalue weighted by molar-refractivity contribution is 5.70. The molecule has 1 fully saturated rings. The topological polar surface area (TPSA) is 23.5 Å². The van der Waals surface area contributed by atoms with Crippen LogP contribution in [0.15, 0.2) is 88.8 Å². The summed E-state index contributed by atoms with van der Waals surface area (Å²) in [6, 6.07) is 18.7. The van der Waals surface area contributed by atoms with Crippen molar-refractivity contribution in [1.82, 2.24) is 4.90 Å². The van der Waals surface area contributed by atoms with Gasteiger partial charge in [0.1, 0.15) is 12.9 Å². The summed E-state index contributed by atoms with van der Waals surface area (Å²) in [6.07, 6.45) is 8.75. The van der Waals surface area contributed by atoms with Crippen LogP contribution in [0.5, 0.6) is 0 Å². The molecule has 1 aromatic heterocycles. The van der Waals surface area contributed by atoms with E-state index in [1.165, 1.54) is 11.5 Å². The van der Waals surface area contributed by atoms with Gasteiger partial charge in [-0.2, -0.15) is 4.57 Å². The van der Waals surface area contributed by atoms with Crippen molar-refractivity contribution in [2.75, 3.05) is 45.2 Å². The number of hydrogen-bond acceptors (Lipinski definition) is 3. The first-order valence-corrected chi connectivity index (χ1v) is 10.9. The quantitative estimate of drug-likeness (QED) is 0.480. The number of likely N-dealkylation sites (N-methyl/N-ethyl adjacent to an activating group) is 1. The van der Waals surface area contributed by atoms with Crippen LogP contribution in [0.25, 0.3) is 17.2 Å². The number of rotatable bonds is 3. The first-order valence-electron chi connectivity index (χ1n) is 10.9. The van der Waals surface area contributed by atoms with Crippen molar-refractivity contribution in [3.05, 3.63) is 90.2 Å². The molecule has 0 aliphatic carbocycles. The Morgan fingerprint density at radius 2 is 1.68 bits per heavy atom. The minimum atomic E-state index is 0.848. The SMILES string of the molecule is C[n+]1c(C=C2C=CN(c3ccccc3)C(N3CC[N+](C)(C)CC3)=C2)oc2ccccc21. The molecule has 2 aliphatic heterocycles. The van der Waals surface area contributed by atoms with E-state index < -0.39 is 0 Å². The van der Waals surface area contributed by atoms with E-state index in [1.807, 2.05) is 18.2 Å². The summed E-state index contributed by atoms with van der Waals surface area (Å²) in [5.41, 5.74) is 4.32. The molecule has 158 valence electrons. The van der Waals surface area contributed by atoms with Gasteiger partial charge in [-0.3, -0.25) is 0 Å². The van der Waals surface area contributed by atoms with E-state index in [2.05, 4.69) is 96.3 Å². The van der Waals surface area contributed by atoms with Crippen molar-refractivity contribution in [3.8, 4) is 0 Å². The zero-order valence-electron chi connectivity index (χ0n) is 18.5. The number of benzene rings is 2. The first kappa shape index (κ1) is 19.6. The molecule has 0 bridgehead atoms. The lowest BCUT2D eigenvalue weighted by molar-refractivity contribution is -0.894. The Kier molecular flexibility index (Phi) is 4.91. The minimum absolute atomic E-state index is 0.848. The molecule has 0 atom stereocenters. The number of anilines is 1. The van der Waals surface area contributed by atoms with E-state index in [0.29, 0.717) is 0 Å². The molecule has 5 nitrogen and oxygen atoms in total. The fourth-order valence-electron chi connectivity index (χ4n) is 4.27. The molecule has 2 aromatic carbocycles. The Bertz CT molecular complexity index is 1180. The summed E-state index contributed by atoms with van der Waals surface area (Å²) in [7, 11) is 6.68. The zero-order valence-corrected chi connectivity index (χ0v) is 18.5. The number of fused-ring (bicyclic) bond motifs is 1. The maximum atomic E-state index is 6.11. The molecule has 3 heterocycles. The van der Waals surface area contributed by atoms with Gasteiger partial charge in [-0.25, -0.2) is 0 Å². The molecule has 31 heavy (non-hydrogen) atoms. The lowest BCUT2D eigenvalue weighted by atomic mass is 10.1. The van der Waals surface area contributed by atoms with Crippen molar-refractivity contribution >= 4 is 22.9 Å². The Balaban J connectivity index is 1.52. The van der Waals surface area contributed by atoms with Crippen LogP contribution in [0.4, 0.5) is 5.69 Å². The third-order valence-corrected chi connectivity index (χ3v) is 6.33. The van der Waals surface area contributed by atoms with Crippen LogP contribution < -0.4 is 9.47 Å². The molecule has 0 N–H and O–H groups in total. The molecule has 0 saturated carbocycles. The normalized spacial score (nSPS) is 19.8. The summed E-state index contributed by atoms with van der Waals surface area (Å²) >= 11 is 0. The van der Waals surface area contributed by atoms with Crippen LogP contribution in [0.2, 0.25) is 0 Å². The zero-order chi connectivity index (χ0) is 21.4. The molecule has 3 aromatic rings. The third-order valence-electron chi connectivity index (χ3n) is 6.33. The molecule has 1 saturated heterocycles. The van der Waals surface area contributed by atoms with Crippen LogP contribution >= 0.6 is 0 Å². The Morgan fingerprint density at radius 1 is 0.968 bits per heavy atom. The number of nitrogens with zero attached hydrogens (tertiary/aromatic N) is 4. The maximum absolute atomic E-state index is 6.11. The molecule has 5 heteroatoms. The van der Waals surface area contributed by atoms with E-state index in [4.69, 9.17) is 4.42 Å². The number of para-hydroxylation sites is 3. The second-order valence-electron chi connectivity index (χ2n) is 9.01. The lowest BCUT2D eigenvalue weighted by Gasteiger charge is -2.43. The molecule has 5 rings (SSSR count). The summed E-state index contributed by atoms with van der Waals surface area (Å²) in [6.45, 7) is 4.37. The Hall–Kier alpha value is -3.31. The highest BCUT2D eigenvalue weighted by Crippen LogP contribution is 2.29. The van der Waals surface area contributed by atoms with Gasteiger partial charge in [0.15, 0.2) is 0 Å². The van der Waals surface area contributed by atoms with Crippen LogP contribution in [-0.2, 0) is 7.05 Å². The summed E-state index contributed by atoms with van der Waals surface area (Å²) in [5.74, 6) is 2.07. The van der Waals surface area contributed by atoms with Crippen molar-refractivity contribution in [2.24, 2.45) is 7.05 Å². The summed E-state index contributed by atoms with van der Waals surface area (Å²) in [5, 5.41) is 0. The van der Waals surface area contributed by atoms with Crippen molar-refractivity contribution in [1.29, 1.82) is 0 Å². The number of piperazine rings is 1. The van der Waals surface area contributed by atoms with E-state index in [1.54, 1.807) is 0 Å². The number of oxazole rings is 1. The van der Waals surface area contributed by atoms with Gasteiger partial charge in [0.25, 0.3) is 5.52 Å². The molecule has 0 unspecified atom stereocenters. The van der Waals surface area contributed by atoms with Gasteiger partial charge in [0.05, 0.1) is 46.4 Å². The van der Waals surface area contributed by atoms with Gasteiger partial charge in [-0.1, -0.05) is 30.3 Å². The minimum Gasteiger partial charge on any atom is -0.398 e. The highest BCUT2D eigenvalue weighted by Gasteiger charge is 2.29. The van der Waals surface area contributed by atoms with Gasteiger partial charge in [0.2, 0.25) is 5.58 Å². The average molecular weight is 415 g/mol. The lowest BCUT2D eigenvalue weighted by Crippen LogP contribution is -2.55. The van der Waals surface area contributed by atoms with Gasteiger partial charge in [0, 0.05) is 18.0 Å². The molecular formula is C26H30N4O+2. The van der Waals surface area contributed by atoms with E-state index in [0.717, 1.165) is 53.2 Å². The van der Waals surface area contributed by atoms with Crippen molar-refractivity contribution < 1.29 is 13.5 Å². The van der Waals surface area contributed by atoms with E-state index in [-0.39, 0.29) is 0 Å². The standard InChI is InChI=1S/C26H30N4O/c1-27-23-11-7-8-12-24(23)31-26(27)20-21-13-14-29(22-9-5-4-6-10-22)25(19-21)28-15-17-30(2,3)18-16-28/h4-14,19-20H,15-18H2,1-3H3/q+2. The molecule has 0 spiro atoms. The van der Waals surface area contributed by atoms with E-state index >= 15 is 0 Å². The third kappa shape index (κ3) is 3.89. The van der Waals surface area contributed by atoms with Crippen LogP contribution in [0, 0.1) is 0 Å². The van der Waals surface area contributed by atoms with Gasteiger partial charge in [-0.05, 0) is 35.9 Å². The maximum Gasteiger partial charge on any atom is 0.374 e. The predicted molar refractivity (Wildman–Crippen MR) is 125 cm³/mol. The van der Waals surface area contributed by atoms with Crippen LogP contribution in [-0.4, -0.2) is 49.7 Å². The summed E-state index contributed by atoms with van der Waals surface area (Å²) < 4.78 is 9.29. The molecule has 2 aliphatic rings. The largest absolute Gasteiger partial charge is 0.398 e. The number of aryl methyl sites for hydroxylation is 1. The monoisotopic (exact) mass is 414 g/mol. The van der Waals surface area contributed by atoms with Crippen molar-refractivity contribution in [3.63, 3.8) is 0 Å². The second kappa shape index (κ2) is 7.75. The fourth-order valence-corrected chi connectivity index (χ4v) is 4.27. The number of allylic oxidation sites excluding steroid dienone is 3. The number of hydrogen-bond donors (Lipinski definition) is 0. The average Bonchev–Trinajstić information content (AvgIpc) is 3.10. The molecule has 0 radical (unpaired) electrons. The first-order chi connectivity index (χ1) is 15.0.